The van der Waals surface area contributed by atoms with Crippen LogP contribution in [-0.4, -0.2) is 25.7 Å². The van der Waals surface area contributed by atoms with Gasteiger partial charge in [-0.25, -0.2) is 0 Å². The first-order chi connectivity index (χ1) is 4.34. The zero-order chi connectivity index (χ0) is 6.69. The molecule has 1 heterocycles. The average molecular weight is 146 g/mol. The van der Waals surface area contributed by atoms with Crippen molar-refractivity contribution in [2.24, 2.45) is 0 Å². The summed E-state index contributed by atoms with van der Waals surface area (Å²) in [6, 6.07) is -0.0324. The van der Waals surface area contributed by atoms with E-state index in [4.69, 9.17) is 0 Å². The second kappa shape index (κ2) is 4.24. The molecule has 4 heteroatoms. The zero-order valence-corrected chi connectivity index (χ0v) is 6.22. The summed E-state index contributed by atoms with van der Waals surface area (Å²) in [5, 5.41) is 3.03. The quantitative estimate of drug-likeness (QED) is 0.513. The molecule has 60 valence electrons. The molecule has 0 amide bonds. The van der Waals surface area contributed by atoms with Gasteiger partial charge in [-0.15, -0.1) is 0 Å². The number of hydrogen-bond donors (Lipinski definition) is 2. The molecule has 0 aromatic rings. The summed E-state index contributed by atoms with van der Waals surface area (Å²) in [6.07, 6.45) is 2.01. The third kappa shape index (κ3) is 1.97. The average Bonchev–Trinajstić information content (AvgIpc) is 2.37. The van der Waals surface area contributed by atoms with Gasteiger partial charge in [0.15, 0.2) is 0 Å². The number of hydrogen-bond acceptors (Lipinski definition) is 4. The maximum Gasteiger partial charge on any atom is 0.322 e. The topological polar surface area (TPSA) is 73.3 Å². The molecule has 0 radical (unpaired) electrons. The van der Waals surface area contributed by atoms with Crippen LogP contribution in [0.15, 0.2) is 0 Å². The van der Waals surface area contributed by atoms with Gasteiger partial charge in [0.1, 0.15) is 6.04 Å². The summed E-state index contributed by atoms with van der Waals surface area (Å²) in [5.74, 6) is -0.132. The molecule has 0 aromatic carbocycles. The van der Waals surface area contributed by atoms with E-state index in [1.165, 1.54) is 7.11 Å². The number of esters is 1. The summed E-state index contributed by atoms with van der Waals surface area (Å²) < 4.78 is 4.53. The van der Waals surface area contributed by atoms with Crippen molar-refractivity contribution in [1.82, 2.24) is 11.5 Å². The van der Waals surface area contributed by atoms with Gasteiger partial charge in [0, 0.05) is 0 Å². The van der Waals surface area contributed by atoms with Crippen LogP contribution in [0.4, 0.5) is 0 Å². The fraction of sp³-hybridized carbons (Fsp3) is 0.833. The Morgan fingerprint density at radius 1 is 1.70 bits per heavy atom. The van der Waals surface area contributed by atoms with Gasteiger partial charge >= 0.3 is 5.97 Å². The molecule has 1 aliphatic rings. The minimum absolute atomic E-state index is 0. The van der Waals surface area contributed by atoms with Gasteiger partial charge in [0.25, 0.3) is 0 Å². The van der Waals surface area contributed by atoms with Crippen molar-refractivity contribution in [3.8, 4) is 0 Å². The Hall–Kier alpha value is -0.610. The van der Waals surface area contributed by atoms with Gasteiger partial charge in [-0.05, 0) is 19.4 Å². The van der Waals surface area contributed by atoms with Gasteiger partial charge < -0.3 is 16.2 Å². The fourth-order valence-electron chi connectivity index (χ4n) is 1.03. The normalized spacial score (nSPS) is 23.5. The Morgan fingerprint density at radius 3 is 2.80 bits per heavy atom. The molecule has 0 aliphatic carbocycles. The molecule has 0 bridgehead atoms. The molecule has 0 saturated carbocycles. The maximum absolute atomic E-state index is 10.7. The summed E-state index contributed by atoms with van der Waals surface area (Å²) in [4.78, 5) is 10.7. The van der Waals surface area contributed by atoms with Crippen LogP contribution in [0.1, 0.15) is 12.8 Å². The van der Waals surface area contributed by atoms with Gasteiger partial charge in [-0.3, -0.25) is 4.79 Å². The molecular weight excluding hydrogens is 132 g/mol. The second-order valence-electron chi connectivity index (χ2n) is 2.17. The van der Waals surface area contributed by atoms with Crippen LogP contribution < -0.4 is 11.5 Å². The number of nitrogens with one attached hydrogen (secondary N) is 1. The van der Waals surface area contributed by atoms with Gasteiger partial charge in [-0.2, -0.15) is 0 Å². The first kappa shape index (κ1) is 9.39. The van der Waals surface area contributed by atoms with Crippen LogP contribution in [-0.2, 0) is 9.53 Å². The van der Waals surface area contributed by atoms with E-state index in [1.54, 1.807) is 0 Å². The van der Waals surface area contributed by atoms with Gasteiger partial charge in [0.2, 0.25) is 0 Å². The van der Waals surface area contributed by atoms with Crippen molar-refractivity contribution in [2.45, 2.75) is 18.9 Å². The molecule has 4 nitrogen and oxygen atoms in total. The van der Waals surface area contributed by atoms with E-state index in [1.807, 2.05) is 0 Å². The van der Waals surface area contributed by atoms with Crippen molar-refractivity contribution >= 4 is 5.97 Å². The molecule has 10 heavy (non-hydrogen) atoms. The van der Waals surface area contributed by atoms with Crippen LogP contribution in [0.25, 0.3) is 0 Å². The Labute approximate surface area is 60.5 Å². The highest BCUT2D eigenvalue weighted by molar-refractivity contribution is 5.75. The van der Waals surface area contributed by atoms with E-state index in [-0.39, 0.29) is 18.2 Å². The van der Waals surface area contributed by atoms with Crippen LogP contribution >= 0.6 is 0 Å². The van der Waals surface area contributed by atoms with Crippen LogP contribution in [0.5, 0.6) is 0 Å². The molecule has 0 spiro atoms. The van der Waals surface area contributed by atoms with E-state index < -0.39 is 0 Å². The molecule has 0 aromatic heterocycles. The van der Waals surface area contributed by atoms with Crippen LogP contribution in [0.3, 0.4) is 0 Å². The van der Waals surface area contributed by atoms with E-state index >= 15 is 0 Å². The zero-order valence-electron chi connectivity index (χ0n) is 6.22. The van der Waals surface area contributed by atoms with Gasteiger partial charge in [0.05, 0.1) is 7.11 Å². The van der Waals surface area contributed by atoms with E-state index in [2.05, 4.69) is 10.1 Å². The lowest BCUT2D eigenvalue weighted by Gasteiger charge is -2.04. The lowest BCUT2D eigenvalue weighted by Crippen LogP contribution is -2.31. The summed E-state index contributed by atoms with van der Waals surface area (Å²) >= 11 is 0. The molecule has 4 N–H and O–H groups in total. The number of carbonyl (C=O) groups is 1. The number of carbonyl (C=O) groups excluding carboxylic acids is 1. The molecule has 0 unspecified atom stereocenters. The predicted molar refractivity (Wildman–Crippen MR) is 38.1 cm³/mol. The lowest BCUT2D eigenvalue weighted by atomic mass is 10.2. The highest BCUT2D eigenvalue weighted by atomic mass is 16.5. The van der Waals surface area contributed by atoms with E-state index in [0.29, 0.717) is 0 Å². The number of ether oxygens (including phenoxy) is 1. The molecule has 1 saturated heterocycles. The summed E-state index contributed by atoms with van der Waals surface area (Å²) in [6.45, 7) is 0.944. The molecule has 1 atom stereocenters. The molecular formula is C6H14N2O2. The lowest BCUT2D eigenvalue weighted by molar-refractivity contribution is -0.142. The Balaban J connectivity index is 0.000000810. The minimum atomic E-state index is -0.132. The van der Waals surface area contributed by atoms with Crippen molar-refractivity contribution in [3.05, 3.63) is 0 Å². The summed E-state index contributed by atoms with van der Waals surface area (Å²) in [5.41, 5.74) is 0. The maximum atomic E-state index is 10.7. The minimum Gasteiger partial charge on any atom is -0.468 e. The molecule has 1 fully saturated rings. The third-order valence-electron chi connectivity index (χ3n) is 1.55. The van der Waals surface area contributed by atoms with E-state index in [0.717, 1.165) is 19.4 Å². The first-order valence-electron chi connectivity index (χ1n) is 3.16. The van der Waals surface area contributed by atoms with Crippen molar-refractivity contribution in [2.75, 3.05) is 13.7 Å². The first-order valence-corrected chi connectivity index (χ1v) is 3.16. The van der Waals surface area contributed by atoms with Crippen LogP contribution in [0, 0.1) is 0 Å². The van der Waals surface area contributed by atoms with Crippen molar-refractivity contribution in [3.63, 3.8) is 0 Å². The van der Waals surface area contributed by atoms with E-state index in [9.17, 15) is 4.79 Å². The number of rotatable bonds is 1. The standard InChI is InChI=1S/C6H11NO2.H3N/c1-9-6(8)5-3-2-4-7-5;/h5,7H,2-4H2,1H3;1H3/t5-;/m0./s1. The Bertz CT molecular complexity index is 110. The Morgan fingerprint density at radius 2 is 2.40 bits per heavy atom. The highest BCUT2D eigenvalue weighted by Gasteiger charge is 2.21. The van der Waals surface area contributed by atoms with Crippen molar-refractivity contribution < 1.29 is 9.53 Å². The second-order valence-corrected chi connectivity index (χ2v) is 2.17. The smallest absolute Gasteiger partial charge is 0.322 e. The SMILES string of the molecule is COC(=O)[C@@H]1CCCN1.N. The van der Waals surface area contributed by atoms with Crippen molar-refractivity contribution in [1.29, 1.82) is 0 Å². The Kier molecular flexibility index (Phi) is 3.99. The number of methoxy groups -OCH3 is 1. The van der Waals surface area contributed by atoms with Crippen LogP contribution in [0.2, 0.25) is 0 Å². The largest absolute Gasteiger partial charge is 0.468 e. The molecule has 1 rings (SSSR count). The van der Waals surface area contributed by atoms with Gasteiger partial charge in [-0.1, -0.05) is 0 Å². The molecule has 1 aliphatic heterocycles. The highest BCUT2D eigenvalue weighted by Crippen LogP contribution is 2.05. The predicted octanol–water partition coefficient (Wildman–Crippen LogP) is 0.0734. The third-order valence-corrected chi connectivity index (χ3v) is 1.55. The summed E-state index contributed by atoms with van der Waals surface area (Å²) in [7, 11) is 1.42. The monoisotopic (exact) mass is 146 g/mol. The fourth-order valence-corrected chi connectivity index (χ4v) is 1.03.